The zero-order valence-corrected chi connectivity index (χ0v) is 15.4. The van der Waals surface area contributed by atoms with Crippen LogP contribution in [0.4, 0.5) is 0 Å². The van der Waals surface area contributed by atoms with E-state index >= 15 is 0 Å². The molecule has 1 amide bonds. The molecule has 0 bridgehead atoms. The van der Waals surface area contributed by atoms with E-state index < -0.39 is 0 Å². The van der Waals surface area contributed by atoms with Crippen LogP contribution in [0, 0.1) is 0 Å². The third kappa shape index (κ3) is 4.40. The Morgan fingerprint density at radius 1 is 1.48 bits per heavy atom. The van der Waals surface area contributed by atoms with Crippen LogP contribution < -0.4 is 5.32 Å². The van der Waals surface area contributed by atoms with Gasteiger partial charge in [-0.1, -0.05) is 6.92 Å². The first kappa shape index (κ1) is 18.4. The van der Waals surface area contributed by atoms with Crippen LogP contribution in [-0.4, -0.2) is 82.0 Å². The van der Waals surface area contributed by atoms with Crippen molar-refractivity contribution in [2.75, 3.05) is 39.3 Å². The van der Waals surface area contributed by atoms with Gasteiger partial charge in [-0.05, 0) is 38.8 Å². The molecule has 0 aliphatic carbocycles. The Bertz CT molecular complexity index is 568. The first-order valence-electron chi connectivity index (χ1n) is 9.55. The lowest BCUT2D eigenvalue weighted by Crippen LogP contribution is -2.55. The molecule has 0 radical (unpaired) electrons. The van der Waals surface area contributed by atoms with Gasteiger partial charge in [0.25, 0.3) is 5.91 Å². The van der Waals surface area contributed by atoms with E-state index in [0.29, 0.717) is 37.4 Å². The molecule has 1 aromatic rings. The summed E-state index contributed by atoms with van der Waals surface area (Å²) < 4.78 is 1.94. The van der Waals surface area contributed by atoms with Crippen molar-refractivity contribution in [2.24, 2.45) is 0 Å². The lowest BCUT2D eigenvalue weighted by atomic mass is 10.1. The minimum absolute atomic E-state index is 0.0256. The monoisotopic (exact) mass is 349 g/mol. The SMILES string of the molecule is CCC1CN(C(=O)c2ccn(C3CCCNC3)n2)CCN1CC(C)O. The second-order valence-electron chi connectivity index (χ2n) is 7.34. The van der Waals surface area contributed by atoms with Crippen LogP contribution in [0.5, 0.6) is 0 Å². The molecule has 7 nitrogen and oxygen atoms in total. The number of aliphatic hydroxyl groups excluding tert-OH is 1. The average Bonchev–Trinajstić information content (AvgIpc) is 3.12. The number of nitrogens with zero attached hydrogens (tertiary/aromatic N) is 4. The minimum Gasteiger partial charge on any atom is -0.392 e. The fraction of sp³-hybridized carbons (Fsp3) is 0.778. The van der Waals surface area contributed by atoms with Crippen molar-refractivity contribution >= 4 is 5.91 Å². The van der Waals surface area contributed by atoms with Crippen molar-refractivity contribution in [1.82, 2.24) is 24.9 Å². The molecular weight excluding hydrogens is 318 g/mol. The highest BCUT2D eigenvalue weighted by atomic mass is 16.3. The summed E-state index contributed by atoms with van der Waals surface area (Å²) >= 11 is 0. The molecule has 3 rings (SSSR count). The Kier molecular flexibility index (Phi) is 6.09. The van der Waals surface area contributed by atoms with Crippen LogP contribution in [0.2, 0.25) is 0 Å². The van der Waals surface area contributed by atoms with Crippen LogP contribution in [-0.2, 0) is 0 Å². The van der Waals surface area contributed by atoms with E-state index in [4.69, 9.17) is 0 Å². The molecule has 2 aliphatic heterocycles. The summed E-state index contributed by atoms with van der Waals surface area (Å²) in [6, 6.07) is 2.50. The van der Waals surface area contributed by atoms with Crippen LogP contribution in [0.15, 0.2) is 12.3 Å². The van der Waals surface area contributed by atoms with E-state index in [-0.39, 0.29) is 12.0 Å². The number of aliphatic hydroxyl groups is 1. The highest BCUT2D eigenvalue weighted by Crippen LogP contribution is 2.18. The number of amides is 1. The van der Waals surface area contributed by atoms with Gasteiger partial charge in [-0.25, -0.2) is 0 Å². The number of β-amino-alcohol motifs (C(OH)–C–C–N with tert-alkyl or cyclic N) is 1. The Morgan fingerprint density at radius 3 is 3.00 bits per heavy atom. The van der Waals surface area contributed by atoms with Gasteiger partial charge in [-0.15, -0.1) is 0 Å². The third-order valence-corrected chi connectivity index (χ3v) is 5.33. The first-order valence-corrected chi connectivity index (χ1v) is 9.55. The van der Waals surface area contributed by atoms with Gasteiger partial charge in [0.15, 0.2) is 0 Å². The first-order chi connectivity index (χ1) is 12.1. The van der Waals surface area contributed by atoms with E-state index in [1.165, 1.54) is 0 Å². The average molecular weight is 349 g/mol. The Balaban J connectivity index is 1.62. The van der Waals surface area contributed by atoms with Crippen molar-refractivity contribution < 1.29 is 9.90 Å². The topological polar surface area (TPSA) is 73.6 Å². The van der Waals surface area contributed by atoms with Gasteiger partial charge >= 0.3 is 0 Å². The van der Waals surface area contributed by atoms with Gasteiger partial charge in [0.2, 0.25) is 0 Å². The van der Waals surface area contributed by atoms with E-state index in [1.807, 2.05) is 28.8 Å². The zero-order valence-electron chi connectivity index (χ0n) is 15.4. The molecule has 0 aromatic carbocycles. The molecule has 2 saturated heterocycles. The lowest BCUT2D eigenvalue weighted by molar-refractivity contribution is 0.0305. The Labute approximate surface area is 150 Å². The van der Waals surface area contributed by atoms with Crippen molar-refractivity contribution in [3.8, 4) is 0 Å². The number of carbonyl (C=O) groups excluding carboxylic acids is 1. The highest BCUT2D eigenvalue weighted by molar-refractivity contribution is 5.92. The summed E-state index contributed by atoms with van der Waals surface area (Å²) in [7, 11) is 0. The predicted molar refractivity (Wildman–Crippen MR) is 96.6 cm³/mol. The van der Waals surface area contributed by atoms with E-state index in [0.717, 1.165) is 38.9 Å². The minimum atomic E-state index is -0.337. The fourth-order valence-corrected chi connectivity index (χ4v) is 3.92. The molecule has 2 N–H and O–H groups in total. The molecule has 1 aromatic heterocycles. The summed E-state index contributed by atoms with van der Waals surface area (Å²) in [4.78, 5) is 17.1. The molecule has 0 spiro atoms. The van der Waals surface area contributed by atoms with Crippen molar-refractivity contribution in [1.29, 1.82) is 0 Å². The molecule has 0 saturated carbocycles. The highest BCUT2D eigenvalue weighted by Gasteiger charge is 2.30. The molecule has 25 heavy (non-hydrogen) atoms. The van der Waals surface area contributed by atoms with Gasteiger partial charge in [-0.3, -0.25) is 14.4 Å². The number of aromatic nitrogens is 2. The summed E-state index contributed by atoms with van der Waals surface area (Å²) in [5, 5.41) is 17.6. The smallest absolute Gasteiger partial charge is 0.274 e. The summed E-state index contributed by atoms with van der Waals surface area (Å²) in [6.45, 7) is 8.82. The number of rotatable bonds is 5. The molecule has 3 unspecified atom stereocenters. The maximum absolute atomic E-state index is 12.9. The van der Waals surface area contributed by atoms with Gasteiger partial charge in [0.05, 0.1) is 12.1 Å². The fourth-order valence-electron chi connectivity index (χ4n) is 3.92. The number of piperidine rings is 1. The van der Waals surface area contributed by atoms with Crippen LogP contribution in [0.25, 0.3) is 0 Å². The molecule has 7 heteroatoms. The van der Waals surface area contributed by atoms with Gasteiger partial charge in [0.1, 0.15) is 5.69 Å². The van der Waals surface area contributed by atoms with Crippen molar-refractivity contribution in [2.45, 2.75) is 51.3 Å². The summed E-state index contributed by atoms with van der Waals surface area (Å²) in [5.74, 6) is 0.0256. The second kappa shape index (κ2) is 8.29. The Morgan fingerprint density at radius 2 is 2.32 bits per heavy atom. The normalized spacial score (nSPS) is 26.6. The summed E-state index contributed by atoms with van der Waals surface area (Å²) in [5.41, 5.74) is 0.546. The number of carbonyl (C=O) groups is 1. The maximum atomic E-state index is 12.9. The van der Waals surface area contributed by atoms with Crippen LogP contribution in [0.3, 0.4) is 0 Å². The van der Waals surface area contributed by atoms with Crippen LogP contribution in [0.1, 0.15) is 49.6 Å². The molecule has 2 aliphatic rings. The standard InChI is InChI=1S/C18H31N5O2/c1-3-15-13-22(10-9-21(15)12-14(2)24)18(25)17-6-8-23(20-17)16-5-4-7-19-11-16/h6,8,14-16,19,24H,3-5,7,9-13H2,1-2H3. The van der Waals surface area contributed by atoms with Crippen molar-refractivity contribution in [3.63, 3.8) is 0 Å². The second-order valence-corrected chi connectivity index (χ2v) is 7.34. The lowest BCUT2D eigenvalue weighted by Gasteiger charge is -2.41. The molecule has 140 valence electrons. The van der Waals surface area contributed by atoms with Gasteiger partial charge in [0, 0.05) is 45.0 Å². The summed E-state index contributed by atoms with van der Waals surface area (Å²) in [6.07, 6.45) is 4.83. The van der Waals surface area contributed by atoms with E-state index in [9.17, 15) is 9.90 Å². The number of hydrogen-bond acceptors (Lipinski definition) is 5. The van der Waals surface area contributed by atoms with Crippen LogP contribution >= 0.6 is 0 Å². The van der Waals surface area contributed by atoms with Gasteiger partial charge in [-0.2, -0.15) is 5.10 Å². The number of piperazine rings is 1. The molecule has 2 fully saturated rings. The van der Waals surface area contributed by atoms with E-state index in [1.54, 1.807) is 0 Å². The predicted octanol–water partition coefficient (Wildman–Crippen LogP) is 0.725. The number of hydrogen-bond donors (Lipinski definition) is 2. The zero-order chi connectivity index (χ0) is 17.8. The number of nitrogens with one attached hydrogen (secondary N) is 1. The third-order valence-electron chi connectivity index (χ3n) is 5.33. The van der Waals surface area contributed by atoms with E-state index in [2.05, 4.69) is 22.2 Å². The Hall–Kier alpha value is -1.44. The maximum Gasteiger partial charge on any atom is 0.274 e. The molecular formula is C18H31N5O2. The van der Waals surface area contributed by atoms with Crippen molar-refractivity contribution in [3.05, 3.63) is 18.0 Å². The molecule has 3 atom stereocenters. The quantitative estimate of drug-likeness (QED) is 0.820. The largest absolute Gasteiger partial charge is 0.392 e. The van der Waals surface area contributed by atoms with Gasteiger partial charge < -0.3 is 15.3 Å². The molecule has 3 heterocycles.